The molecule has 2 fully saturated rings. The van der Waals surface area contributed by atoms with Gasteiger partial charge in [-0.1, -0.05) is 18.2 Å². The Morgan fingerprint density at radius 1 is 1.30 bits per heavy atom. The highest BCUT2D eigenvalue weighted by atomic mass is 16.2. The normalized spacial score (nSPS) is 26.5. The minimum Gasteiger partial charge on any atom is -0.360 e. The summed E-state index contributed by atoms with van der Waals surface area (Å²) in [7, 11) is 0. The molecule has 1 heterocycles. The first-order valence-corrected chi connectivity index (χ1v) is 7.24. The number of hydrogen-bond donors (Lipinski definition) is 2. The van der Waals surface area contributed by atoms with E-state index in [2.05, 4.69) is 15.5 Å². The van der Waals surface area contributed by atoms with Gasteiger partial charge in [-0.2, -0.15) is 5.10 Å². The number of carbonyl (C=O) groups is 1. The summed E-state index contributed by atoms with van der Waals surface area (Å²) in [5.41, 5.74) is 5.56. The van der Waals surface area contributed by atoms with Gasteiger partial charge >= 0.3 is 0 Å². The first-order valence-electron chi connectivity index (χ1n) is 7.24. The summed E-state index contributed by atoms with van der Waals surface area (Å²) in [5.74, 6) is 1.30. The van der Waals surface area contributed by atoms with Crippen molar-refractivity contribution in [1.29, 1.82) is 0 Å². The van der Waals surface area contributed by atoms with Crippen molar-refractivity contribution < 1.29 is 4.79 Å². The third-order valence-corrected chi connectivity index (χ3v) is 4.65. The summed E-state index contributed by atoms with van der Waals surface area (Å²) in [4.78, 5) is 15.4. The van der Waals surface area contributed by atoms with Gasteiger partial charge in [-0.25, -0.2) is 5.43 Å². The number of nitrogens with one attached hydrogen (secondary N) is 2. The quantitative estimate of drug-likeness (QED) is 0.807. The second kappa shape index (κ2) is 4.47. The van der Waals surface area contributed by atoms with Crippen molar-refractivity contribution in [2.75, 3.05) is 0 Å². The molecule has 2 aliphatic carbocycles. The molecule has 0 spiro atoms. The van der Waals surface area contributed by atoms with E-state index >= 15 is 0 Å². The third kappa shape index (κ3) is 1.83. The number of aromatic nitrogens is 1. The predicted molar refractivity (Wildman–Crippen MR) is 78.6 cm³/mol. The number of carbonyl (C=O) groups excluding carboxylic acids is 1. The number of para-hydroxylation sites is 1. The molecule has 4 heteroatoms. The van der Waals surface area contributed by atoms with Gasteiger partial charge in [0.1, 0.15) is 0 Å². The van der Waals surface area contributed by atoms with Crippen molar-refractivity contribution in [2.24, 2.45) is 16.9 Å². The Kier molecular flexibility index (Phi) is 2.62. The SMILES string of the molecule is O=C(N/N=C1/CC2CCC1C2)c1c[nH]c2ccccc12. The topological polar surface area (TPSA) is 57.2 Å². The van der Waals surface area contributed by atoms with Crippen LogP contribution >= 0.6 is 0 Å². The largest absolute Gasteiger partial charge is 0.360 e. The van der Waals surface area contributed by atoms with Crippen molar-refractivity contribution in [2.45, 2.75) is 25.7 Å². The predicted octanol–water partition coefficient (Wildman–Crippen LogP) is 3.07. The number of fused-ring (bicyclic) bond motifs is 3. The number of rotatable bonds is 2. The van der Waals surface area contributed by atoms with E-state index in [1.54, 1.807) is 6.20 Å². The van der Waals surface area contributed by atoms with E-state index in [1.807, 2.05) is 24.3 Å². The van der Waals surface area contributed by atoms with Gasteiger partial charge in [0.2, 0.25) is 0 Å². The van der Waals surface area contributed by atoms with Crippen LogP contribution in [0.5, 0.6) is 0 Å². The minimum atomic E-state index is -0.127. The lowest BCUT2D eigenvalue weighted by molar-refractivity contribution is 0.0956. The highest BCUT2D eigenvalue weighted by Crippen LogP contribution is 2.42. The number of H-pyrrole nitrogens is 1. The molecule has 2 aliphatic rings. The zero-order valence-electron chi connectivity index (χ0n) is 11.2. The van der Waals surface area contributed by atoms with Crippen LogP contribution in [-0.4, -0.2) is 16.6 Å². The molecule has 2 saturated carbocycles. The number of aromatic amines is 1. The van der Waals surface area contributed by atoms with Crippen molar-refractivity contribution >= 4 is 22.5 Å². The van der Waals surface area contributed by atoms with E-state index < -0.39 is 0 Å². The molecule has 0 aliphatic heterocycles. The maximum Gasteiger partial charge on any atom is 0.273 e. The number of amides is 1. The standard InChI is InChI=1S/C16H17N3O/c20-16(13-9-17-14-4-2-1-3-12(13)14)19-18-15-8-10-5-6-11(15)7-10/h1-4,9-11,17H,5-8H2,(H,19,20)/b18-15-. The Hall–Kier alpha value is -2.10. The van der Waals surface area contributed by atoms with Crippen LogP contribution in [-0.2, 0) is 0 Å². The smallest absolute Gasteiger partial charge is 0.273 e. The van der Waals surface area contributed by atoms with Crippen LogP contribution in [0.2, 0.25) is 0 Å². The monoisotopic (exact) mass is 267 g/mol. The van der Waals surface area contributed by atoms with E-state index in [1.165, 1.54) is 25.0 Å². The lowest BCUT2D eigenvalue weighted by Crippen LogP contribution is -2.21. The zero-order chi connectivity index (χ0) is 13.5. The fourth-order valence-corrected chi connectivity index (χ4v) is 3.60. The first-order chi connectivity index (χ1) is 9.81. The van der Waals surface area contributed by atoms with Gasteiger partial charge in [-0.05, 0) is 43.6 Å². The second-order valence-corrected chi connectivity index (χ2v) is 5.87. The number of nitrogens with zero attached hydrogens (tertiary/aromatic N) is 1. The van der Waals surface area contributed by atoms with E-state index in [9.17, 15) is 4.79 Å². The lowest BCUT2D eigenvalue weighted by Gasteiger charge is -2.11. The molecule has 2 N–H and O–H groups in total. The van der Waals surface area contributed by atoms with Crippen molar-refractivity contribution in [3.8, 4) is 0 Å². The van der Waals surface area contributed by atoms with Crippen LogP contribution in [0.4, 0.5) is 0 Å². The van der Waals surface area contributed by atoms with Crippen LogP contribution in [0.15, 0.2) is 35.6 Å². The Morgan fingerprint density at radius 3 is 3.00 bits per heavy atom. The van der Waals surface area contributed by atoms with Gasteiger partial charge in [0.15, 0.2) is 0 Å². The van der Waals surface area contributed by atoms with Gasteiger partial charge in [-0.3, -0.25) is 4.79 Å². The summed E-state index contributed by atoms with van der Waals surface area (Å²) in [6, 6.07) is 7.81. The molecule has 20 heavy (non-hydrogen) atoms. The van der Waals surface area contributed by atoms with Crippen LogP contribution in [0.1, 0.15) is 36.0 Å². The summed E-state index contributed by atoms with van der Waals surface area (Å²) in [5, 5.41) is 5.31. The van der Waals surface area contributed by atoms with E-state index in [4.69, 9.17) is 0 Å². The maximum absolute atomic E-state index is 12.2. The molecule has 1 amide bonds. The van der Waals surface area contributed by atoms with Crippen molar-refractivity contribution in [3.63, 3.8) is 0 Å². The second-order valence-electron chi connectivity index (χ2n) is 5.87. The highest BCUT2D eigenvalue weighted by molar-refractivity contribution is 6.07. The number of hydrogen-bond acceptors (Lipinski definition) is 2. The molecule has 2 aromatic rings. The molecular formula is C16H17N3O. The highest BCUT2D eigenvalue weighted by Gasteiger charge is 2.36. The van der Waals surface area contributed by atoms with Gasteiger partial charge in [0, 0.05) is 22.8 Å². The van der Waals surface area contributed by atoms with Crippen molar-refractivity contribution in [1.82, 2.24) is 10.4 Å². The molecule has 102 valence electrons. The summed E-state index contributed by atoms with van der Waals surface area (Å²) in [6.07, 6.45) is 6.66. The van der Waals surface area contributed by atoms with Gasteiger partial charge in [0.05, 0.1) is 5.56 Å². The fraction of sp³-hybridized carbons (Fsp3) is 0.375. The molecule has 4 rings (SSSR count). The van der Waals surface area contributed by atoms with Gasteiger partial charge in [-0.15, -0.1) is 0 Å². The number of benzene rings is 1. The molecule has 4 nitrogen and oxygen atoms in total. The molecular weight excluding hydrogens is 250 g/mol. The van der Waals surface area contributed by atoms with Crippen molar-refractivity contribution in [3.05, 3.63) is 36.0 Å². The molecule has 1 aromatic carbocycles. The maximum atomic E-state index is 12.2. The minimum absolute atomic E-state index is 0.127. The summed E-state index contributed by atoms with van der Waals surface area (Å²) < 4.78 is 0. The molecule has 0 radical (unpaired) electrons. The lowest BCUT2D eigenvalue weighted by atomic mass is 9.99. The van der Waals surface area contributed by atoms with E-state index in [-0.39, 0.29) is 5.91 Å². The average molecular weight is 267 g/mol. The van der Waals surface area contributed by atoms with Crippen LogP contribution in [0, 0.1) is 11.8 Å². The average Bonchev–Trinajstić information content (AvgIpc) is 3.19. The van der Waals surface area contributed by atoms with Crippen LogP contribution in [0.3, 0.4) is 0 Å². The summed E-state index contributed by atoms with van der Waals surface area (Å²) >= 11 is 0. The van der Waals surface area contributed by atoms with Gasteiger partial charge < -0.3 is 4.98 Å². The molecule has 1 aromatic heterocycles. The Balaban J connectivity index is 1.55. The first kappa shape index (κ1) is 11.7. The van der Waals surface area contributed by atoms with Crippen LogP contribution in [0.25, 0.3) is 10.9 Å². The van der Waals surface area contributed by atoms with E-state index in [0.29, 0.717) is 11.5 Å². The Labute approximate surface area is 117 Å². The van der Waals surface area contributed by atoms with Gasteiger partial charge in [0.25, 0.3) is 5.91 Å². The Morgan fingerprint density at radius 2 is 2.20 bits per heavy atom. The molecule has 2 unspecified atom stereocenters. The van der Waals surface area contributed by atoms with Crippen LogP contribution < -0.4 is 5.43 Å². The Bertz CT molecular complexity index is 701. The molecule has 2 atom stereocenters. The van der Waals surface area contributed by atoms with E-state index in [0.717, 1.165) is 23.2 Å². The third-order valence-electron chi connectivity index (χ3n) is 4.65. The molecule has 2 bridgehead atoms. The zero-order valence-corrected chi connectivity index (χ0v) is 11.2. The summed E-state index contributed by atoms with van der Waals surface area (Å²) in [6.45, 7) is 0. The molecule has 0 saturated heterocycles. The fourth-order valence-electron chi connectivity index (χ4n) is 3.60. The number of hydrazone groups is 1.